The average Bonchev–Trinajstić information content (AvgIpc) is 3.81. The van der Waals surface area contributed by atoms with Crippen molar-refractivity contribution in [3.05, 3.63) is 76.6 Å². The third-order valence-electron chi connectivity index (χ3n) is 9.94. The number of nitrogen functional groups attached to an aromatic ring is 1. The smallest absolute Gasteiger partial charge is 0.408 e. The lowest BCUT2D eigenvalue weighted by Gasteiger charge is -2.25. The molecule has 6 amide bonds. The molecule has 4 rings (SSSR count). The van der Waals surface area contributed by atoms with Crippen LogP contribution in [0.25, 0.3) is 22.6 Å². The summed E-state index contributed by atoms with van der Waals surface area (Å²) in [4.78, 5) is 111. The van der Waals surface area contributed by atoms with Crippen LogP contribution in [-0.4, -0.2) is 112 Å². The van der Waals surface area contributed by atoms with Crippen molar-refractivity contribution in [2.24, 2.45) is 11.5 Å². The van der Waals surface area contributed by atoms with Gasteiger partial charge in [-0.3, -0.25) is 19.2 Å². The molecule has 2 aromatic carbocycles. The minimum atomic E-state index is -1.57. The van der Waals surface area contributed by atoms with E-state index in [1.54, 1.807) is 65.8 Å². The van der Waals surface area contributed by atoms with E-state index in [1.165, 1.54) is 44.4 Å². The second-order valence-corrected chi connectivity index (χ2v) is 20.2. The Morgan fingerprint density at radius 1 is 0.714 bits per heavy atom. The van der Waals surface area contributed by atoms with Gasteiger partial charge in [-0.15, -0.1) is 0 Å². The van der Waals surface area contributed by atoms with E-state index in [2.05, 4.69) is 37.3 Å². The van der Waals surface area contributed by atoms with Gasteiger partial charge in [0.1, 0.15) is 89.1 Å². The van der Waals surface area contributed by atoms with Crippen molar-refractivity contribution in [2.75, 3.05) is 18.9 Å². The predicted octanol–water partition coefficient (Wildman–Crippen LogP) is 4.06. The number of amides is 6. The molecular weight excluding hydrogens is 1050 g/mol. The molecule has 5 atom stereocenters. The Morgan fingerprint density at radius 2 is 1.22 bits per heavy atom. The fourth-order valence-electron chi connectivity index (χ4n) is 6.49. The van der Waals surface area contributed by atoms with Gasteiger partial charge in [0.25, 0.3) is 0 Å². The highest BCUT2D eigenvalue weighted by Crippen LogP contribution is 2.37. The molecule has 0 fully saturated rings. The fourth-order valence-corrected chi connectivity index (χ4v) is 7.49. The van der Waals surface area contributed by atoms with Gasteiger partial charge < -0.3 is 66.6 Å². The first-order valence-corrected chi connectivity index (χ1v) is 24.7. The molecule has 0 saturated carbocycles. The number of esters is 2. The number of nitriles is 2. The van der Waals surface area contributed by atoms with Crippen LogP contribution in [0.3, 0.4) is 0 Å². The van der Waals surface area contributed by atoms with Crippen LogP contribution in [0, 0.1) is 22.7 Å². The monoisotopic (exact) mass is 1100 g/mol. The Kier molecular flexibility index (Phi) is 21.6. The third kappa shape index (κ3) is 19.5. The van der Waals surface area contributed by atoms with E-state index in [-0.39, 0.29) is 39.0 Å². The number of carbonyl (C=O) groups excluding carboxylic acids is 8. The van der Waals surface area contributed by atoms with Crippen molar-refractivity contribution in [1.29, 1.82) is 10.5 Å². The summed E-state index contributed by atoms with van der Waals surface area (Å²) < 4.78 is 32.9. The van der Waals surface area contributed by atoms with E-state index in [4.69, 9.17) is 56.9 Å². The standard InChI is InChI=1S/C50H58ClN11O14S/c1-25(57-41(65)35(17-37(54)63)60-47(69)75-49(3,4)5)45(67)73-23-32(74-46(68)26(2)58-42(66)36(18-38(55)64)61-48(70)76-50(6,7)8)22-71-31-15-11-27(12-16-31)39-33(19-52)40(56)62-44(34(39)20-53)77-24-30-21-72-43(59-30)28-9-13-29(51)14-10-28/h9-16,21,25-26,32,35-36H,17-18,22-24H2,1-8H3,(H2,54,63)(H2,55,64)(H2,56,62)(H,57,65)(H,58,66)(H,60,69)(H,61,70)/t25-,26-,32-,35-,36-/m0/s1. The fraction of sp³-hybridized carbons (Fsp3) is 0.400. The van der Waals surface area contributed by atoms with Crippen molar-refractivity contribution in [2.45, 2.75) is 120 Å². The number of ether oxygens (including phenoxy) is 5. The first-order chi connectivity index (χ1) is 36.1. The summed E-state index contributed by atoms with van der Waals surface area (Å²) in [7, 11) is 0. The highest BCUT2D eigenvalue weighted by atomic mass is 35.5. The van der Waals surface area contributed by atoms with Crippen LogP contribution in [0.4, 0.5) is 15.4 Å². The normalized spacial score (nSPS) is 13.1. The van der Waals surface area contributed by atoms with Gasteiger partial charge in [0.05, 0.1) is 24.1 Å². The Hall–Kier alpha value is -8.62. The van der Waals surface area contributed by atoms with Crippen LogP contribution >= 0.6 is 23.4 Å². The summed E-state index contributed by atoms with van der Waals surface area (Å²) >= 11 is 7.15. The number of carbonyl (C=O) groups is 8. The maximum atomic E-state index is 13.5. The second kappa shape index (κ2) is 27.3. The number of hydrogen-bond acceptors (Lipinski definition) is 20. The zero-order valence-electron chi connectivity index (χ0n) is 43.1. The molecule has 10 N–H and O–H groups in total. The highest BCUT2D eigenvalue weighted by molar-refractivity contribution is 7.98. The lowest BCUT2D eigenvalue weighted by atomic mass is 9.97. The van der Waals surface area contributed by atoms with Crippen molar-refractivity contribution >= 4 is 76.9 Å². The minimum Gasteiger partial charge on any atom is -0.490 e. The number of rotatable bonds is 23. The molecule has 0 radical (unpaired) electrons. The maximum Gasteiger partial charge on any atom is 0.408 e. The molecule has 25 nitrogen and oxygen atoms in total. The number of hydrogen-bond donors (Lipinski definition) is 7. The van der Waals surface area contributed by atoms with Gasteiger partial charge in [0.2, 0.25) is 29.5 Å². The summed E-state index contributed by atoms with van der Waals surface area (Å²) in [6.07, 6.45) is -3.42. The van der Waals surface area contributed by atoms with E-state index >= 15 is 0 Å². The van der Waals surface area contributed by atoms with E-state index < -0.39 is 115 Å². The van der Waals surface area contributed by atoms with Gasteiger partial charge in [-0.25, -0.2) is 29.1 Å². The summed E-state index contributed by atoms with van der Waals surface area (Å²) in [6.45, 7) is 10.6. The molecule has 0 aliphatic rings. The summed E-state index contributed by atoms with van der Waals surface area (Å²) in [6, 6.07) is 11.0. The Bertz CT molecular complexity index is 2910. The Morgan fingerprint density at radius 3 is 1.71 bits per heavy atom. The molecule has 0 saturated heterocycles. The largest absolute Gasteiger partial charge is 0.490 e. The van der Waals surface area contributed by atoms with Gasteiger partial charge in [0, 0.05) is 21.9 Å². The Balaban J connectivity index is 1.55. The zero-order chi connectivity index (χ0) is 57.4. The molecule has 2 heterocycles. The van der Waals surface area contributed by atoms with Gasteiger partial charge >= 0.3 is 24.1 Å². The van der Waals surface area contributed by atoms with Crippen molar-refractivity contribution in [3.63, 3.8) is 0 Å². The number of benzene rings is 2. The first-order valence-electron chi connectivity index (χ1n) is 23.3. The van der Waals surface area contributed by atoms with Gasteiger partial charge in [-0.2, -0.15) is 10.5 Å². The molecule has 27 heteroatoms. The number of nitrogens with two attached hydrogens (primary N) is 3. The SMILES string of the molecule is C[C@H](NC(=O)[C@H](CC(N)=O)NC(=O)OC(C)(C)C)C(=O)OC[C@H](COc1ccc(-c2c(C#N)c(N)nc(SCc3coc(-c4ccc(Cl)cc4)n3)c2C#N)cc1)OC(=O)[C@H](C)NC(=O)[C@H](CC(N)=O)NC(=O)OC(C)(C)C. The minimum absolute atomic E-state index is 0.0421. The number of anilines is 1. The van der Waals surface area contributed by atoms with Crippen LogP contribution in [0.5, 0.6) is 5.75 Å². The lowest BCUT2D eigenvalue weighted by molar-refractivity contribution is -0.163. The number of aromatic nitrogens is 2. The lowest BCUT2D eigenvalue weighted by Crippen LogP contribution is -2.53. The van der Waals surface area contributed by atoms with Crippen LogP contribution in [0.2, 0.25) is 5.02 Å². The number of nitrogens with one attached hydrogen (secondary N) is 4. The summed E-state index contributed by atoms with van der Waals surface area (Å²) in [5.74, 6) is -5.58. The van der Waals surface area contributed by atoms with E-state index in [0.29, 0.717) is 27.7 Å². The van der Waals surface area contributed by atoms with Crippen LogP contribution in [0.15, 0.2) is 64.2 Å². The van der Waals surface area contributed by atoms with Crippen molar-refractivity contribution < 1.29 is 66.5 Å². The molecule has 0 spiro atoms. The number of alkyl carbamates (subject to hydrolysis) is 2. The number of nitrogens with zero attached hydrogens (tertiary/aromatic N) is 4. The highest BCUT2D eigenvalue weighted by Gasteiger charge is 2.32. The van der Waals surface area contributed by atoms with E-state index in [0.717, 1.165) is 11.8 Å². The molecule has 0 aliphatic carbocycles. The topological polar surface area (TPSA) is 395 Å². The van der Waals surface area contributed by atoms with Crippen LogP contribution < -0.4 is 43.2 Å². The van der Waals surface area contributed by atoms with E-state index in [1.807, 2.05) is 6.07 Å². The second-order valence-electron chi connectivity index (χ2n) is 18.8. The van der Waals surface area contributed by atoms with Gasteiger partial charge in [0.15, 0.2) is 6.10 Å². The molecule has 2 aromatic heterocycles. The maximum absolute atomic E-state index is 13.5. The molecule has 77 heavy (non-hydrogen) atoms. The third-order valence-corrected chi connectivity index (χ3v) is 11.2. The van der Waals surface area contributed by atoms with Crippen molar-refractivity contribution in [1.82, 2.24) is 31.2 Å². The number of pyridine rings is 1. The predicted molar refractivity (Wildman–Crippen MR) is 276 cm³/mol. The molecular formula is C50H58ClN11O14S. The van der Waals surface area contributed by atoms with Crippen LogP contribution in [-0.2, 0) is 53.5 Å². The average molecular weight is 1100 g/mol. The van der Waals surface area contributed by atoms with Crippen LogP contribution in [0.1, 0.15) is 85.1 Å². The van der Waals surface area contributed by atoms with Crippen molar-refractivity contribution in [3.8, 4) is 40.5 Å². The number of halogens is 1. The first kappa shape index (κ1) is 60.9. The number of oxazole rings is 1. The van der Waals surface area contributed by atoms with E-state index in [9.17, 15) is 48.9 Å². The molecule has 0 unspecified atom stereocenters. The summed E-state index contributed by atoms with van der Waals surface area (Å²) in [5, 5.41) is 30.4. The zero-order valence-corrected chi connectivity index (χ0v) is 44.7. The molecule has 0 bridgehead atoms. The Labute approximate surface area is 451 Å². The molecule has 0 aliphatic heterocycles. The number of thioether (sulfide) groups is 1. The van der Waals surface area contributed by atoms with Gasteiger partial charge in [-0.1, -0.05) is 35.5 Å². The molecule has 410 valence electrons. The molecule has 4 aromatic rings. The summed E-state index contributed by atoms with van der Waals surface area (Å²) in [5.41, 5.74) is 16.6. The quantitative estimate of drug-likeness (QED) is 0.0313. The number of primary amides is 2. The van der Waals surface area contributed by atoms with Gasteiger partial charge in [-0.05, 0) is 97.4 Å².